The lowest BCUT2D eigenvalue weighted by atomic mass is 10.00. The Morgan fingerprint density at radius 3 is 1.70 bits per heavy atom. The Bertz CT molecular complexity index is 3480. The van der Waals surface area contributed by atoms with Gasteiger partial charge in [0.1, 0.15) is 24.0 Å². The summed E-state index contributed by atoms with van der Waals surface area (Å²) in [5, 5.41) is 13.1. The Labute approximate surface area is 364 Å². The molecule has 1 aliphatic rings. The van der Waals surface area contributed by atoms with E-state index in [1.165, 1.54) is 21.9 Å². The van der Waals surface area contributed by atoms with Crippen LogP contribution in [0.3, 0.4) is 0 Å². The highest BCUT2D eigenvalue weighted by atomic mass is 15.3. The average molecular weight is 809 g/mol. The van der Waals surface area contributed by atoms with E-state index in [9.17, 15) is 0 Å². The number of amidine groups is 1. The molecule has 0 aliphatic carbocycles. The van der Waals surface area contributed by atoms with Crippen LogP contribution in [-0.4, -0.2) is 20.4 Å². The third kappa shape index (κ3) is 6.52. The number of pyridine rings is 1. The zero-order valence-electron chi connectivity index (χ0n) is 34.2. The number of nitrogens with zero attached hydrogens (tertiary/aromatic N) is 4. The van der Waals surface area contributed by atoms with Crippen molar-refractivity contribution in [1.82, 2.24) is 25.2 Å². The van der Waals surface area contributed by atoms with Crippen LogP contribution in [0.25, 0.3) is 82.8 Å². The molecule has 2 aromatic heterocycles. The van der Waals surface area contributed by atoms with Crippen LogP contribution in [0.5, 0.6) is 0 Å². The first kappa shape index (κ1) is 36.6. The summed E-state index contributed by atoms with van der Waals surface area (Å²) in [6.07, 6.45) is 1.49. The van der Waals surface area contributed by atoms with E-state index in [1.54, 1.807) is 0 Å². The van der Waals surface area contributed by atoms with Crippen molar-refractivity contribution < 1.29 is 0 Å². The minimum Gasteiger partial charge on any atom is -0.350 e. The number of rotatable bonds is 7. The zero-order valence-corrected chi connectivity index (χ0v) is 34.2. The maximum absolute atomic E-state index is 5.48. The van der Waals surface area contributed by atoms with E-state index in [0.29, 0.717) is 0 Å². The van der Waals surface area contributed by atoms with Crippen molar-refractivity contribution in [3.63, 3.8) is 0 Å². The van der Waals surface area contributed by atoms with Crippen molar-refractivity contribution in [2.24, 2.45) is 4.99 Å². The van der Waals surface area contributed by atoms with Gasteiger partial charge in [0.2, 0.25) is 0 Å². The number of aromatic nitrogens is 3. The highest BCUT2D eigenvalue weighted by molar-refractivity contribution is 6.23. The van der Waals surface area contributed by atoms with E-state index < -0.39 is 0 Å². The largest absolute Gasteiger partial charge is 0.350 e. The quantitative estimate of drug-likeness (QED) is 0.157. The number of benzene rings is 9. The van der Waals surface area contributed by atoms with Gasteiger partial charge in [-0.3, -0.25) is 14.9 Å². The molecule has 12 rings (SSSR count). The zero-order chi connectivity index (χ0) is 41.7. The lowest BCUT2D eigenvalue weighted by Gasteiger charge is -2.32. The number of aliphatic imine (C=N–C) groups is 1. The first-order valence-corrected chi connectivity index (χ1v) is 21.4. The molecule has 6 heteroatoms. The van der Waals surface area contributed by atoms with E-state index in [1.807, 2.05) is 24.4 Å². The summed E-state index contributed by atoms with van der Waals surface area (Å²) in [6, 6.07) is 75.1. The second-order valence-corrected chi connectivity index (χ2v) is 16.1. The van der Waals surface area contributed by atoms with Gasteiger partial charge in [-0.25, -0.2) is 9.98 Å². The van der Waals surface area contributed by atoms with Gasteiger partial charge < -0.3 is 5.32 Å². The van der Waals surface area contributed by atoms with Crippen LogP contribution in [-0.2, 0) is 0 Å². The smallest absolute Gasteiger partial charge is 0.145 e. The molecule has 0 spiro atoms. The molecule has 0 amide bonds. The van der Waals surface area contributed by atoms with Crippen LogP contribution in [0.2, 0.25) is 0 Å². The Balaban J connectivity index is 0.904. The molecule has 6 nitrogen and oxygen atoms in total. The number of hydrogen-bond donors (Lipinski definition) is 2. The Kier molecular flexibility index (Phi) is 8.94. The maximum Gasteiger partial charge on any atom is 0.145 e. The maximum atomic E-state index is 5.48. The Morgan fingerprint density at radius 2 is 0.968 bits per heavy atom. The third-order valence-electron chi connectivity index (χ3n) is 12.4. The monoisotopic (exact) mass is 808 g/mol. The average Bonchev–Trinajstić information content (AvgIpc) is 3.78. The molecule has 3 heterocycles. The van der Waals surface area contributed by atoms with E-state index in [2.05, 4.69) is 209 Å². The van der Waals surface area contributed by atoms with E-state index in [-0.39, 0.29) is 12.3 Å². The van der Waals surface area contributed by atoms with Crippen molar-refractivity contribution in [2.75, 3.05) is 0 Å². The highest BCUT2D eigenvalue weighted by Crippen LogP contribution is 2.40. The Hall–Kier alpha value is -8.19. The molecule has 11 aromatic rings. The molecule has 0 saturated carbocycles. The predicted octanol–water partition coefficient (Wildman–Crippen LogP) is 13.2. The molecule has 0 saturated heterocycles. The second kappa shape index (κ2) is 15.4. The topological polar surface area (TPSA) is 67.1 Å². The molecule has 2 N–H and O–H groups in total. The lowest BCUT2D eigenvalue weighted by molar-refractivity contribution is 0.409. The molecular weight excluding hydrogens is 769 g/mol. The SMILES string of the molecule is c1ccc(C2=NC(c3ccc(-c4ccc(-c5nc6c7cccnc7c7ccccc7c6n5-c5cccc6ccccc56)cc4)cc3)NC(c3ccc(-c4ccccc4)cc3)N2)cc1. The number of hydrogen-bond acceptors (Lipinski definition) is 5. The van der Waals surface area contributed by atoms with Gasteiger partial charge in [-0.05, 0) is 57.0 Å². The fourth-order valence-electron chi connectivity index (χ4n) is 9.21. The standard InChI is InChI=1S/C57H40N6/c1-3-13-37(14-4-1)38-24-30-43(31-25-38)55-60-54(42-16-5-2-6-17-42)61-56(62-55)44-32-26-39(27-33-44)40-28-34-45(35-29-40)57-59-52-49-22-12-36-58-51(49)47-20-9-10-21-48(47)53(52)63(57)50-23-11-18-41-15-7-8-19-46(41)50/h1-36,55-56,62H,(H,60,61). The van der Waals surface area contributed by atoms with Crippen LogP contribution in [0, 0.1) is 0 Å². The van der Waals surface area contributed by atoms with Crippen LogP contribution in [0.15, 0.2) is 224 Å². The summed E-state index contributed by atoms with van der Waals surface area (Å²) < 4.78 is 2.36. The van der Waals surface area contributed by atoms with E-state index >= 15 is 0 Å². The van der Waals surface area contributed by atoms with Crippen LogP contribution in [0.4, 0.5) is 0 Å². The summed E-state index contributed by atoms with van der Waals surface area (Å²) in [6.45, 7) is 0. The van der Waals surface area contributed by atoms with Gasteiger partial charge in [0.15, 0.2) is 0 Å². The normalized spacial score (nSPS) is 15.1. The van der Waals surface area contributed by atoms with E-state index in [4.69, 9.17) is 15.0 Å². The second-order valence-electron chi connectivity index (χ2n) is 16.1. The molecule has 2 unspecified atom stereocenters. The molecule has 63 heavy (non-hydrogen) atoms. The molecular formula is C57H40N6. The third-order valence-corrected chi connectivity index (χ3v) is 12.4. The fourth-order valence-corrected chi connectivity index (χ4v) is 9.21. The Morgan fingerprint density at radius 1 is 0.413 bits per heavy atom. The minimum atomic E-state index is -0.249. The highest BCUT2D eigenvalue weighted by Gasteiger charge is 2.26. The molecule has 298 valence electrons. The number of fused-ring (bicyclic) bond motifs is 7. The van der Waals surface area contributed by atoms with Gasteiger partial charge >= 0.3 is 0 Å². The van der Waals surface area contributed by atoms with Crippen molar-refractivity contribution in [3.05, 3.63) is 235 Å². The molecule has 1 aliphatic heterocycles. The summed E-state index contributed by atoms with van der Waals surface area (Å²) in [4.78, 5) is 15.5. The first-order valence-electron chi connectivity index (χ1n) is 21.4. The summed E-state index contributed by atoms with van der Waals surface area (Å²) in [5.41, 5.74) is 13.0. The van der Waals surface area contributed by atoms with Gasteiger partial charge in [0.25, 0.3) is 0 Å². The van der Waals surface area contributed by atoms with Crippen LogP contribution >= 0.6 is 0 Å². The molecule has 2 atom stereocenters. The molecule has 0 radical (unpaired) electrons. The molecule has 9 aromatic carbocycles. The van der Waals surface area contributed by atoms with Gasteiger partial charge in [0, 0.05) is 38.9 Å². The molecule has 0 fully saturated rings. The predicted molar refractivity (Wildman–Crippen MR) is 259 cm³/mol. The summed E-state index contributed by atoms with van der Waals surface area (Å²) in [7, 11) is 0. The van der Waals surface area contributed by atoms with E-state index in [0.717, 1.165) is 83.4 Å². The van der Waals surface area contributed by atoms with Crippen molar-refractivity contribution in [3.8, 4) is 39.3 Å². The van der Waals surface area contributed by atoms with Gasteiger partial charge in [0.05, 0.1) is 22.2 Å². The fraction of sp³-hybridized carbons (Fsp3) is 0.0351. The minimum absolute atomic E-state index is 0.134. The first-order chi connectivity index (χ1) is 31.2. The van der Waals surface area contributed by atoms with Crippen molar-refractivity contribution in [1.29, 1.82) is 0 Å². The summed E-state index contributed by atoms with van der Waals surface area (Å²) >= 11 is 0. The van der Waals surface area contributed by atoms with Crippen molar-refractivity contribution >= 4 is 49.3 Å². The van der Waals surface area contributed by atoms with Crippen LogP contribution in [0.1, 0.15) is 29.0 Å². The number of imidazole rings is 1. The summed E-state index contributed by atoms with van der Waals surface area (Å²) in [5.74, 6) is 1.75. The molecule has 0 bridgehead atoms. The van der Waals surface area contributed by atoms with Crippen molar-refractivity contribution in [2.45, 2.75) is 12.3 Å². The number of nitrogens with one attached hydrogen (secondary N) is 2. The van der Waals surface area contributed by atoms with Gasteiger partial charge in [-0.2, -0.15) is 0 Å². The van der Waals surface area contributed by atoms with Gasteiger partial charge in [-0.1, -0.05) is 194 Å². The lowest BCUT2D eigenvalue weighted by Crippen LogP contribution is -2.44. The van der Waals surface area contributed by atoms with Gasteiger partial charge in [-0.15, -0.1) is 0 Å². The van der Waals surface area contributed by atoms with Crippen LogP contribution < -0.4 is 10.6 Å².